The average molecular weight is 501 g/mol. The zero-order valence-electron chi connectivity index (χ0n) is 20.2. The summed E-state index contributed by atoms with van der Waals surface area (Å²) in [6.45, 7) is 1.36. The Morgan fingerprint density at radius 2 is 1.46 bits per heavy atom. The number of sulfonamides is 1. The minimum Gasteiger partial charge on any atom is -0.497 e. The van der Waals surface area contributed by atoms with E-state index in [0.717, 1.165) is 9.87 Å². The van der Waals surface area contributed by atoms with Crippen LogP contribution in [0.4, 0.5) is 11.4 Å². The fourth-order valence-electron chi connectivity index (χ4n) is 3.35. The molecule has 3 aromatic carbocycles. The number of rotatable bonds is 10. The highest BCUT2D eigenvalue weighted by Crippen LogP contribution is 2.34. The molecule has 0 aliphatic rings. The largest absolute Gasteiger partial charge is 0.497 e. The summed E-state index contributed by atoms with van der Waals surface area (Å²) < 4.78 is 49.4. The smallest absolute Gasteiger partial charge is 0.264 e. The second kappa shape index (κ2) is 11.0. The van der Waals surface area contributed by atoms with Gasteiger partial charge in [-0.25, -0.2) is 8.42 Å². The van der Waals surface area contributed by atoms with Gasteiger partial charge in [0.2, 0.25) is 5.91 Å². The first kappa shape index (κ1) is 25.7. The Bertz CT molecular complexity index is 1290. The van der Waals surface area contributed by atoms with Crippen LogP contribution in [0.1, 0.15) is 5.56 Å². The van der Waals surface area contributed by atoms with Crippen LogP contribution in [0, 0.1) is 6.92 Å². The van der Waals surface area contributed by atoms with Crippen molar-refractivity contribution in [1.29, 1.82) is 0 Å². The van der Waals surface area contributed by atoms with E-state index in [4.69, 9.17) is 18.9 Å². The third kappa shape index (κ3) is 5.78. The van der Waals surface area contributed by atoms with Crippen LogP contribution in [0.2, 0.25) is 0 Å². The molecule has 10 heteroatoms. The van der Waals surface area contributed by atoms with Crippen LogP contribution in [0.15, 0.2) is 65.6 Å². The van der Waals surface area contributed by atoms with Crippen molar-refractivity contribution in [2.24, 2.45) is 0 Å². The van der Waals surface area contributed by atoms with Gasteiger partial charge in [0, 0.05) is 12.1 Å². The monoisotopic (exact) mass is 500 g/mol. The van der Waals surface area contributed by atoms with E-state index >= 15 is 0 Å². The fourth-order valence-corrected chi connectivity index (χ4v) is 4.77. The highest BCUT2D eigenvalue weighted by molar-refractivity contribution is 7.92. The lowest BCUT2D eigenvalue weighted by molar-refractivity contribution is -0.114. The van der Waals surface area contributed by atoms with E-state index in [1.807, 2.05) is 6.92 Å². The molecular formula is C25H28N2O7S. The number of benzene rings is 3. The summed E-state index contributed by atoms with van der Waals surface area (Å²) in [5, 5.41) is 2.72. The summed E-state index contributed by atoms with van der Waals surface area (Å²) >= 11 is 0. The lowest BCUT2D eigenvalue weighted by Crippen LogP contribution is -2.38. The number of carbonyl (C=O) groups is 1. The number of nitrogens with one attached hydrogen (secondary N) is 1. The van der Waals surface area contributed by atoms with Crippen LogP contribution in [-0.4, -0.2) is 49.3 Å². The summed E-state index contributed by atoms with van der Waals surface area (Å²) in [6, 6.07) is 15.9. The van der Waals surface area contributed by atoms with Gasteiger partial charge in [0.15, 0.2) is 11.5 Å². The molecule has 3 rings (SSSR count). The van der Waals surface area contributed by atoms with E-state index in [2.05, 4.69) is 5.32 Å². The van der Waals surface area contributed by atoms with Gasteiger partial charge in [0.25, 0.3) is 10.0 Å². The maximum Gasteiger partial charge on any atom is 0.264 e. The lowest BCUT2D eigenvalue weighted by Gasteiger charge is -2.25. The minimum atomic E-state index is -4.10. The number of methoxy groups -OCH3 is 4. The van der Waals surface area contributed by atoms with Crippen molar-refractivity contribution in [3.05, 3.63) is 66.2 Å². The van der Waals surface area contributed by atoms with Crippen molar-refractivity contribution >= 4 is 27.3 Å². The van der Waals surface area contributed by atoms with E-state index in [9.17, 15) is 13.2 Å². The highest BCUT2D eigenvalue weighted by atomic mass is 32.2. The van der Waals surface area contributed by atoms with Gasteiger partial charge in [-0.1, -0.05) is 17.7 Å². The Morgan fingerprint density at radius 1 is 0.800 bits per heavy atom. The van der Waals surface area contributed by atoms with Gasteiger partial charge in [0.1, 0.15) is 18.0 Å². The van der Waals surface area contributed by atoms with Crippen LogP contribution in [0.25, 0.3) is 0 Å². The summed E-state index contributed by atoms with van der Waals surface area (Å²) in [5.41, 5.74) is 1.52. The first-order valence-electron chi connectivity index (χ1n) is 10.6. The standard InChI is InChI=1S/C25H28N2O7S/c1-17-6-10-20(11-7-17)35(29,30)27(18-8-13-22(32-3)24(14-18)34-5)16-25(28)26-21-12-9-19(31-2)15-23(21)33-4/h6-15H,16H2,1-5H3,(H,26,28). The number of anilines is 2. The molecule has 0 fully saturated rings. The molecule has 1 N–H and O–H groups in total. The Hall–Kier alpha value is -3.92. The van der Waals surface area contributed by atoms with Crippen LogP contribution in [-0.2, 0) is 14.8 Å². The van der Waals surface area contributed by atoms with Gasteiger partial charge >= 0.3 is 0 Å². The van der Waals surface area contributed by atoms with Gasteiger partial charge in [-0.2, -0.15) is 0 Å². The number of aryl methyl sites for hydroxylation is 1. The van der Waals surface area contributed by atoms with E-state index in [1.165, 1.54) is 46.6 Å². The van der Waals surface area contributed by atoms with Crippen LogP contribution in [0.3, 0.4) is 0 Å². The third-order valence-electron chi connectivity index (χ3n) is 5.23. The third-order valence-corrected chi connectivity index (χ3v) is 7.02. The molecule has 35 heavy (non-hydrogen) atoms. The summed E-state index contributed by atoms with van der Waals surface area (Å²) in [6.07, 6.45) is 0. The van der Waals surface area contributed by atoms with E-state index < -0.39 is 22.5 Å². The molecule has 0 saturated carbocycles. The predicted molar refractivity (Wildman–Crippen MR) is 133 cm³/mol. The van der Waals surface area contributed by atoms with Gasteiger partial charge in [-0.05, 0) is 43.3 Å². The molecule has 0 aliphatic heterocycles. The number of amides is 1. The first-order chi connectivity index (χ1) is 16.7. The molecule has 0 heterocycles. The molecule has 3 aromatic rings. The highest BCUT2D eigenvalue weighted by Gasteiger charge is 2.28. The molecule has 1 amide bonds. The molecule has 186 valence electrons. The zero-order chi connectivity index (χ0) is 25.6. The number of hydrogen-bond donors (Lipinski definition) is 1. The van der Waals surface area contributed by atoms with Crippen molar-refractivity contribution in [1.82, 2.24) is 0 Å². The van der Waals surface area contributed by atoms with E-state index in [1.54, 1.807) is 42.5 Å². The molecule has 0 unspecified atom stereocenters. The van der Waals surface area contributed by atoms with Crippen molar-refractivity contribution in [3.63, 3.8) is 0 Å². The SMILES string of the molecule is COc1ccc(NC(=O)CN(c2ccc(OC)c(OC)c2)S(=O)(=O)c2ccc(C)cc2)c(OC)c1. The maximum atomic E-state index is 13.6. The molecule has 0 radical (unpaired) electrons. The Labute approximate surface area is 205 Å². The minimum absolute atomic E-state index is 0.0488. The van der Waals surface area contributed by atoms with Crippen LogP contribution >= 0.6 is 0 Å². The number of carbonyl (C=O) groups excluding carboxylic acids is 1. The number of ether oxygens (including phenoxy) is 4. The first-order valence-corrected chi connectivity index (χ1v) is 12.0. The molecule has 9 nitrogen and oxygen atoms in total. The van der Waals surface area contributed by atoms with Gasteiger partial charge in [-0.3, -0.25) is 9.10 Å². The molecule has 0 saturated heterocycles. The molecule has 0 aromatic heterocycles. The maximum absolute atomic E-state index is 13.6. The molecule has 0 bridgehead atoms. The molecule has 0 atom stereocenters. The zero-order valence-corrected chi connectivity index (χ0v) is 21.0. The number of hydrogen-bond acceptors (Lipinski definition) is 7. The summed E-state index contributed by atoms with van der Waals surface area (Å²) in [5.74, 6) is 1.10. The molecular weight excluding hydrogens is 472 g/mol. The Kier molecular flexibility index (Phi) is 8.08. The fraction of sp³-hybridized carbons (Fsp3) is 0.240. The number of nitrogens with zero attached hydrogens (tertiary/aromatic N) is 1. The topological polar surface area (TPSA) is 103 Å². The van der Waals surface area contributed by atoms with E-state index in [-0.39, 0.29) is 10.6 Å². The van der Waals surface area contributed by atoms with Gasteiger partial charge < -0.3 is 24.3 Å². The normalized spacial score (nSPS) is 10.9. The van der Waals surface area contributed by atoms with Gasteiger partial charge in [-0.15, -0.1) is 0 Å². The lowest BCUT2D eigenvalue weighted by atomic mass is 10.2. The summed E-state index contributed by atoms with van der Waals surface area (Å²) in [7, 11) is 1.80. The Balaban J connectivity index is 2.00. The average Bonchev–Trinajstić information content (AvgIpc) is 2.87. The second-order valence-electron chi connectivity index (χ2n) is 7.48. The predicted octanol–water partition coefficient (Wildman–Crippen LogP) is 3.86. The molecule has 0 spiro atoms. The Morgan fingerprint density at radius 3 is 2.06 bits per heavy atom. The quantitative estimate of drug-likeness (QED) is 0.451. The van der Waals surface area contributed by atoms with Crippen LogP contribution < -0.4 is 28.6 Å². The van der Waals surface area contributed by atoms with Crippen molar-refractivity contribution in [2.75, 3.05) is 44.6 Å². The van der Waals surface area contributed by atoms with Crippen molar-refractivity contribution < 1.29 is 32.2 Å². The molecule has 0 aliphatic carbocycles. The van der Waals surface area contributed by atoms with Gasteiger partial charge in [0.05, 0.1) is 44.7 Å². The van der Waals surface area contributed by atoms with Crippen molar-refractivity contribution in [2.45, 2.75) is 11.8 Å². The van der Waals surface area contributed by atoms with Crippen molar-refractivity contribution in [3.8, 4) is 23.0 Å². The van der Waals surface area contributed by atoms with E-state index in [0.29, 0.717) is 28.7 Å². The van der Waals surface area contributed by atoms with Crippen LogP contribution in [0.5, 0.6) is 23.0 Å². The summed E-state index contributed by atoms with van der Waals surface area (Å²) in [4.78, 5) is 13.1. The second-order valence-corrected chi connectivity index (χ2v) is 9.34.